The molecule has 4 rings (SSSR count). The van der Waals surface area contributed by atoms with E-state index in [2.05, 4.69) is 38.6 Å². The Morgan fingerprint density at radius 2 is 1.77 bits per heavy atom. The number of rotatable bonds is 7. The third-order valence-corrected chi connectivity index (χ3v) is 8.08. The van der Waals surface area contributed by atoms with Crippen LogP contribution in [0.1, 0.15) is 77.2 Å². The minimum absolute atomic E-state index is 0.0258. The van der Waals surface area contributed by atoms with Crippen molar-refractivity contribution < 1.29 is 28.9 Å². The van der Waals surface area contributed by atoms with Gasteiger partial charge in [0.05, 0.1) is 12.2 Å². The molecule has 0 unspecified atom stereocenters. The molecule has 2 aromatic rings. The van der Waals surface area contributed by atoms with E-state index in [4.69, 9.17) is 14.2 Å². The maximum Gasteiger partial charge on any atom is 0.410 e. The standard InChI is InChI=1S/C33H43NO6/c1-21(2)25-17-22-19-34(31(37)40-32(3,4)5)16-15-27(22)39-30(25)26-18-24(13-14-28(26)38-20-29(35)36)33(6,7)23-11-9-8-10-12-23/h8-14,18,22,25,27,30H,1,15-17,19-20H2,2-7H3,(H,35,36)/t22-,25-,27+,30+/m0/s1. The quantitative estimate of drug-likeness (QED) is 0.384. The highest BCUT2D eigenvalue weighted by Gasteiger charge is 2.44. The lowest BCUT2D eigenvalue weighted by Crippen LogP contribution is -2.51. The van der Waals surface area contributed by atoms with Gasteiger partial charge in [-0.05, 0) is 63.8 Å². The number of hydrogen-bond acceptors (Lipinski definition) is 5. The summed E-state index contributed by atoms with van der Waals surface area (Å²) >= 11 is 0. The van der Waals surface area contributed by atoms with Crippen LogP contribution in [0.4, 0.5) is 4.79 Å². The van der Waals surface area contributed by atoms with E-state index in [0.717, 1.165) is 23.1 Å². The molecule has 0 aliphatic carbocycles. The Labute approximate surface area is 238 Å². The van der Waals surface area contributed by atoms with E-state index in [9.17, 15) is 14.7 Å². The van der Waals surface area contributed by atoms with E-state index in [1.807, 2.05) is 58.0 Å². The first-order chi connectivity index (χ1) is 18.8. The molecule has 1 N–H and O–H groups in total. The molecule has 2 heterocycles. The van der Waals surface area contributed by atoms with Gasteiger partial charge in [-0.3, -0.25) is 0 Å². The van der Waals surface area contributed by atoms with Crippen LogP contribution >= 0.6 is 0 Å². The van der Waals surface area contributed by atoms with Crippen molar-refractivity contribution in [2.24, 2.45) is 11.8 Å². The van der Waals surface area contributed by atoms with Crippen LogP contribution in [-0.2, 0) is 19.7 Å². The van der Waals surface area contributed by atoms with Crippen molar-refractivity contribution in [1.82, 2.24) is 4.90 Å². The van der Waals surface area contributed by atoms with Gasteiger partial charge in [0.1, 0.15) is 11.4 Å². The molecule has 216 valence electrons. The van der Waals surface area contributed by atoms with Gasteiger partial charge in [0.25, 0.3) is 0 Å². The minimum Gasteiger partial charge on any atom is -0.482 e. The summed E-state index contributed by atoms with van der Waals surface area (Å²) in [4.78, 5) is 26.0. The molecule has 40 heavy (non-hydrogen) atoms. The summed E-state index contributed by atoms with van der Waals surface area (Å²) in [5.41, 5.74) is 3.24. The van der Waals surface area contributed by atoms with Crippen LogP contribution in [0.3, 0.4) is 0 Å². The molecule has 0 bridgehead atoms. The Balaban J connectivity index is 1.66. The van der Waals surface area contributed by atoms with Crippen LogP contribution in [0.25, 0.3) is 0 Å². The van der Waals surface area contributed by atoms with E-state index in [1.54, 1.807) is 4.90 Å². The molecule has 0 aromatic heterocycles. The fourth-order valence-electron chi connectivity index (χ4n) is 5.84. The number of amides is 1. The fraction of sp³-hybridized carbons (Fsp3) is 0.515. The van der Waals surface area contributed by atoms with Crippen LogP contribution in [-0.4, -0.2) is 53.5 Å². The average molecular weight is 550 g/mol. The first-order valence-corrected chi connectivity index (χ1v) is 14.1. The fourth-order valence-corrected chi connectivity index (χ4v) is 5.84. The van der Waals surface area contributed by atoms with Gasteiger partial charge in [0.2, 0.25) is 0 Å². The van der Waals surface area contributed by atoms with Gasteiger partial charge in [-0.2, -0.15) is 0 Å². The largest absolute Gasteiger partial charge is 0.482 e. The third-order valence-electron chi connectivity index (χ3n) is 8.08. The Hall–Kier alpha value is -3.32. The summed E-state index contributed by atoms with van der Waals surface area (Å²) in [6.07, 6.45) is 0.818. The molecule has 2 aliphatic rings. The van der Waals surface area contributed by atoms with Crippen molar-refractivity contribution in [3.63, 3.8) is 0 Å². The van der Waals surface area contributed by atoms with Crippen LogP contribution in [0, 0.1) is 11.8 Å². The average Bonchev–Trinajstić information content (AvgIpc) is 2.90. The molecule has 1 amide bonds. The highest BCUT2D eigenvalue weighted by Crippen LogP contribution is 2.48. The van der Waals surface area contributed by atoms with Crippen molar-refractivity contribution in [2.45, 2.75) is 77.6 Å². The number of nitrogens with zero attached hydrogens (tertiary/aromatic N) is 1. The molecule has 4 atom stereocenters. The van der Waals surface area contributed by atoms with Crippen LogP contribution < -0.4 is 4.74 Å². The number of ether oxygens (including phenoxy) is 3. The van der Waals surface area contributed by atoms with E-state index >= 15 is 0 Å². The molecule has 0 spiro atoms. The van der Waals surface area contributed by atoms with E-state index in [-0.39, 0.29) is 35.6 Å². The van der Waals surface area contributed by atoms with Crippen molar-refractivity contribution in [3.8, 4) is 5.75 Å². The van der Waals surface area contributed by atoms with Gasteiger partial charge in [-0.1, -0.05) is 62.4 Å². The Bertz CT molecular complexity index is 1230. The summed E-state index contributed by atoms with van der Waals surface area (Å²) in [7, 11) is 0. The molecule has 7 heteroatoms. The van der Waals surface area contributed by atoms with Gasteiger partial charge in [-0.15, -0.1) is 0 Å². The monoisotopic (exact) mass is 549 g/mol. The van der Waals surface area contributed by atoms with Crippen molar-refractivity contribution in [1.29, 1.82) is 0 Å². The Morgan fingerprint density at radius 3 is 2.40 bits per heavy atom. The Kier molecular flexibility index (Phi) is 8.64. The van der Waals surface area contributed by atoms with Gasteiger partial charge in [0.15, 0.2) is 6.61 Å². The molecule has 2 saturated heterocycles. The summed E-state index contributed by atoms with van der Waals surface area (Å²) < 4.78 is 18.3. The lowest BCUT2D eigenvalue weighted by atomic mass is 9.74. The van der Waals surface area contributed by atoms with Gasteiger partial charge < -0.3 is 24.2 Å². The summed E-state index contributed by atoms with van der Waals surface area (Å²) in [6, 6.07) is 16.3. The van der Waals surface area contributed by atoms with Crippen molar-refractivity contribution >= 4 is 12.1 Å². The zero-order valence-electron chi connectivity index (χ0n) is 24.6. The number of hydrogen-bond donors (Lipinski definition) is 1. The van der Waals surface area contributed by atoms with Crippen LogP contribution in [0.2, 0.25) is 0 Å². The van der Waals surface area contributed by atoms with Gasteiger partial charge in [-0.25, -0.2) is 9.59 Å². The number of carbonyl (C=O) groups excluding carboxylic acids is 1. The molecule has 2 fully saturated rings. The minimum atomic E-state index is -1.03. The molecule has 0 radical (unpaired) electrons. The number of carboxylic acids is 1. The lowest BCUT2D eigenvalue weighted by molar-refractivity contribution is -0.140. The van der Waals surface area contributed by atoms with E-state index < -0.39 is 18.2 Å². The number of carboxylic acid groups (broad SMARTS) is 1. The van der Waals surface area contributed by atoms with Crippen molar-refractivity contribution in [2.75, 3.05) is 19.7 Å². The summed E-state index contributed by atoms with van der Waals surface area (Å²) in [6.45, 7) is 17.0. The maximum atomic E-state index is 12.8. The predicted octanol–water partition coefficient (Wildman–Crippen LogP) is 6.76. The number of benzene rings is 2. The molecule has 2 aromatic carbocycles. The zero-order chi connectivity index (χ0) is 29.2. The molecule has 7 nitrogen and oxygen atoms in total. The summed E-state index contributed by atoms with van der Waals surface area (Å²) in [5, 5.41) is 9.33. The van der Waals surface area contributed by atoms with Gasteiger partial charge in [0, 0.05) is 35.9 Å². The number of fused-ring (bicyclic) bond motifs is 1. The zero-order valence-corrected chi connectivity index (χ0v) is 24.6. The van der Waals surface area contributed by atoms with Gasteiger partial charge >= 0.3 is 12.1 Å². The Morgan fingerprint density at radius 1 is 1.07 bits per heavy atom. The number of carbonyl (C=O) groups is 2. The van der Waals surface area contributed by atoms with Crippen LogP contribution in [0.5, 0.6) is 5.75 Å². The first kappa shape index (κ1) is 29.7. The molecule has 0 saturated carbocycles. The second kappa shape index (κ2) is 11.7. The summed E-state index contributed by atoms with van der Waals surface area (Å²) in [5.74, 6) is -0.403. The molecular weight excluding hydrogens is 506 g/mol. The highest BCUT2D eigenvalue weighted by atomic mass is 16.6. The predicted molar refractivity (Wildman–Crippen MR) is 155 cm³/mol. The second-order valence-electron chi connectivity index (χ2n) is 12.7. The van der Waals surface area contributed by atoms with E-state index in [1.165, 1.54) is 5.56 Å². The molecule has 2 aliphatic heterocycles. The SMILES string of the molecule is C=C(C)[C@@H]1C[C@H]2CN(C(=O)OC(C)(C)C)CC[C@H]2O[C@H]1c1cc(C(C)(C)c2ccccc2)ccc1OCC(=O)O. The lowest BCUT2D eigenvalue weighted by Gasteiger charge is -2.47. The van der Waals surface area contributed by atoms with Crippen LogP contribution in [0.15, 0.2) is 60.7 Å². The third kappa shape index (κ3) is 6.69. The number of likely N-dealkylation sites (tertiary alicyclic amines) is 1. The maximum absolute atomic E-state index is 12.8. The smallest absolute Gasteiger partial charge is 0.410 e. The van der Waals surface area contributed by atoms with Crippen molar-refractivity contribution in [3.05, 3.63) is 77.4 Å². The highest BCUT2D eigenvalue weighted by molar-refractivity contribution is 5.69. The number of aliphatic carboxylic acids is 1. The normalized spacial score (nSPS) is 23.2. The molecular formula is C33H43NO6. The second-order valence-corrected chi connectivity index (χ2v) is 12.7. The number of piperidine rings is 1. The topological polar surface area (TPSA) is 85.3 Å². The first-order valence-electron chi connectivity index (χ1n) is 14.1. The van der Waals surface area contributed by atoms with E-state index in [0.29, 0.717) is 25.3 Å².